The number of carbonyl (C=O) groups is 1. The molecular formula is C25H31ClFN5O3. The number of likely N-dealkylation sites (N-methyl/N-ethyl adjacent to an activating group) is 1. The van der Waals surface area contributed by atoms with Crippen LogP contribution >= 0.6 is 12.4 Å². The van der Waals surface area contributed by atoms with Crippen molar-refractivity contribution < 1.29 is 19.0 Å². The third-order valence-corrected chi connectivity index (χ3v) is 7.02. The molecule has 35 heavy (non-hydrogen) atoms. The number of ether oxygens (including phenoxy) is 1. The number of β-amino-alcohol motifs (C(OH)–C–C–N with tert-alkyl or cyclic N) is 1. The van der Waals surface area contributed by atoms with Crippen molar-refractivity contribution in [1.82, 2.24) is 10.3 Å². The Kier molecular flexibility index (Phi) is 6.70. The van der Waals surface area contributed by atoms with Crippen LogP contribution in [0, 0.1) is 5.82 Å². The zero-order valence-corrected chi connectivity index (χ0v) is 21.1. The first-order chi connectivity index (χ1) is 16.2. The van der Waals surface area contributed by atoms with Crippen molar-refractivity contribution in [1.29, 1.82) is 0 Å². The summed E-state index contributed by atoms with van der Waals surface area (Å²) in [6, 6.07) is 10.1. The maximum absolute atomic E-state index is 15.0. The molecule has 3 heterocycles. The van der Waals surface area contributed by atoms with Gasteiger partial charge < -0.3 is 19.6 Å². The second-order valence-electron chi connectivity index (χ2n) is 9.73. The van der Waals surface area contributed by atoms with E-state index in [4.69, 9.17) is 4.74 Å². The number of hydrogen-bond acceptors (Lipinski definition) is 7. The van der Waals surface area contributed by atoms with Crippen molar-refractivity contribution >= 4 is 35.5 Å². The number of nitrogens with one attached hydrogen (secondary N) is 1. The summed E-state index contributed by atoms with van der Waals surface area (Å²) < 4.78 is 21.0. The molecule has 188 valence electrons. The number of nitrogens with zero attached hydrogens (tertiary/aromatic N) is 4. The lowest BCUT2D eigenvalue weighted by molar-refractivity contribution is -0.122. The quantitative estimate of drug-likeness (QED) is 0.653. The summed E-state index contributed by atoms with van der Waals surface area (Å²) >= 11 is 0. The lowest BCUT2D eigenvalue weighted by Crippen LogP contribution is -2.68. The summed E-state index contributed by atoms with van der Waals surface area (Å²) in [5.74, 6) is 0.718. The van der Waals surface area contributed by atoms with E-state index in [0.717, 1.165) is 30.0 Å². The Balaban J connectivity index is 0.00000289. The summed E-state index contributed by atoms with van der Waals surface area (Å²) in [6.07, 6.45) is -0.394. The van der Waals surface area contributed by atoms with Crippen molar-refractivity contribution in [3.05, 3.63) is 42.2 Å². The maximum atomic E-state index is 15.0. The van der Waals surface area contributed by atoms with Gasteiger partial charge in [-0.25, -0.2) is 9.82 Å². The van der Waals surface area contributed by atoms with Crippen molar-refractivity contribution in [2.75, 3.05) is 43.1 Å². The second-order valence-corrected chi connectivity index (χ2v) is 9.73. The number of halogens is 2. The number of anilines is 2. The zero-order chi connectivity index (χ0) is 24.2. The largest absolute Gasteiger partial charge is 0.483 e. The summed E-state index contributed by atoms with van der Waals surface area (Å²) in [7, 11) is 2.01. The molecule has 2 atom stereocenters. The van der Waals surface area contributed by atoms with Crippen LogP contribution in [0.25, 0.3) is 11.1 Å². The molecule has 2 aromatic rings. The average molecular weight is 504 g/mol. The van der Waals surface area contributed by atoms with E-state index >= 15 is 0 Å². The van der Waals surface area contributed by atoms with Crippen LogP contribution in [0.2, 0.25) is 0 Å². The predicted octanol–water partition coefficient (Wildman–Crippen LogP) is 2.84. The van der Waals surface area contributed by atoms with Crippen LogP contribution in [-0.4, -0.2) is 72.7 Å². The fraction of sp³-hybridized carbons (Fsp3) is 0.440. The van der Waals surface area contributed by atoms with Gasteiger partial charge in [-0.15, -0.1) is 12.4 Å². The molecule has 5 rings (SSSR count). The fourth-order valence-electron chi connectivity index (χ4n) is 5.16. The Labute approximate surface area is 210 Å². The number of hydrogen-bond donors (Lipinski definition) is 2. The minimum atomic E-state index is -0.451. The number of carbonyl (C=O) groups excluding carboxylic acids is 1. The molecule has 1 amide bonds. The lowest BCUT2D eigenvalue weighted by Gasteiger charge is -2.54. The van der Waals surface area contributed by atoms with Crippen molar-refractivity contribution in [3.8, 4) is 16.9 Å². The number of amidine groups is 1. The first-order valence-corrected chi connectivity index (χ1v) is 11.5. The highest BCUT2D eigenvalue weighted by molar-refractivity contribution is 6.10. The molecule has 0 aromatic heterocycles. The number of hydrazone groups is 1. The molecule has 10 heteroatoms. The van der Waals surface area contributed by atoms with E-state index in [1.54, 1.807) is 19.1 Å². The topological polar surface area (TPSA) is 80.6 Å². The van der Waals surface area contributed by atoms with Crippen molar-refractivity contribution in [2.24, 2.45) is 5.10 Å². The molecule has 0 unspecified atom stereocenters. The molecule has 0 bridgehead atoms. The van der Waals surface area contributed by atoms with Gasteiger partial charge in [0, 0.05) is 43.5 Å². The van der Waals surface area contributed by atoms with E-state index in [2.05, 4.69) is 27.3 Å². The van der Waals surface area contributed by atoms with Crippen LogP contribution in [0.5, 0.6) is 5.75 Å². The van der Waals surface area contributed by atoms with Gasteiger partial charge in [0.2, 0.25) is 0 Å². The highest BCUT2D eigenvalue weighted by Crippen LogP contribution is 2.46. The number of amides is 1. The molecule has 2 N–H and O–H groups in total. The van der Waals surface area contributed by atoms with Crippen LogP contribution in [0.4, 0.5) is 15.8 Å². The number of likely N-dealkylation sites (tertiary alicyclic amines) is 1. The molecule has 1 saturated heterocycles. The van der Waals surface area contributed by atoms with Crippen LogP contribution < -0.4 is 20.0 Å². The summed E-state index contributed by atoms with van der Waals surface area (Å²) in [6.45, 7) is 8.15. The molecule has 0 radical (unpaired) electrons. The molecular weight excluding hydrogens is 473 g/mol. The van der Waals surface area contributed by atoms with E-state index in [9.17, 15) is 14.3 Å². The maximum Gasteiger partial charge on any atom is 0.262 e. The van der Waals surface area contributed by atoms with Gasteiger partial charge in [0.05, 0.1) is 17.3 Å². The van der Waals surface area contributed by atoms with Gasteiger partial charge in [-0.2, -0.15) is 5.10 Å². The standard InChI is InChI=1S/C25H30FN5O3.ClH/c1-15(32)11-30-13-25(3,14-30)29(4)20-10-21-22(9-18(20)17-7-5-6-8-19(17)26)34-12-23-27-28-24(33)16(2)31(21)23;/h5-10,15-16,32H,11-14H2,1-4H3,(H,28,33);1H/t15-,16-;/m1./s1. The summed E-state index contributed by atoms with van der Waals surface area (Å²) in [5.41, 5.74) is 5.13. The van der Waals surface area contributed by atoms with Crippen LogP contribution in [0.3, 0.4) is 0 Å². The lowest BCUT2D eigenvalue weighted by atomic mass is 9.88. The molecule has 0 spiro atoms. The Bertz CT molecular complexity index is 1170. The van der Waals surface area contributed by atoms with E-state index < -0.39 is 12.1 Å². The molecule has 0 saturated carbocycles. The van der Waals surface area contributed by atoms with Gasteiger partial charge in [-0.1, -0.05) is 18.2 Å². The number of rotatable bonds is 5. The molecule has 1 fully saturated rings. The van der Waals surface area contributed by atoms with Crippen LogP contribution in [0.15, 0.2) is 41.5 Å². The summed E-state index contributed by atoms with van der Waals surface area (Å²) in [5, 5.41) is 13.9. The Hall–Kier alpha value is -2.88. The first kappa shape index (κ1) is 25.2. The summed E-state index contributed by atoms with van der Waals surface area (Å²) in [4.78, 5) is 18.6. The van der Waals surface area contributed by atoms with Crippen molar-refractivity contribution in [2.45, 2.75) is 38.5 Å². The van der Waals surface area contributed by atoms with E-state index in [0.29, 0.717) is 23.7 Å². The fourth-order valence-corrected chi connectivity index (χ4v) is 5.16. The third-order valence-electron chi connectivity index (χ3n) is 7.02. The van der Waals surface area contributed by atoms with Gasteiger partial charge in [0.25, 0.3) is 5.91 Å². The molecule has 0 aliphatic carbocycles. The number of aliphatic hydroxyl groups excluding tert-OH is 1. The minimum Gasteiger partial charge on any atom is -0.483 e. The molecule has 3 aliphatic rings. The minimum absolute atomic E-state index is 0. The normalized spacial score (nSPS) is 21.3. The molecule has 3 aliphatic heterocycles. The van der Waals surface area contributed by atoms with E-state index in [1.165, 1.54) is 6.07 Å². The Morgan fingerprint density at radius 1 is 1.31 bits per heavy atom. The van der Waals surface area contributed by atoms with Crippen LogP contribution in [-0.2, 0) is 4.79 Å². The van der Waals surface area contributed by atoms with Gasteiger partial charge in [-0.05, 0) is 39.0 Å². The van der Waals surface area contributed by atoms with E-state index in [-0.39, 0.29) is 36.3 Å². The van der Waals surface area contributed by atoms with Gasteiger partial charge in [0.1, 0.15) is 24.2 Å². The van der Waals surface area contributed by atoms with Crippen LogP contribution in [0.1, 0.15) is 20.8 Å². The SMILES string of the molecule is C[C@@H]1C(=O)NN=C2COc3cc(-c4ccccc4F)c(N(C)C4(C)CN(C[C@@H](C)O)C4)cc3N21.Cl. The third kappa shape index (κ3) is 4.32. The number of fused-ring (bicyclic) bond motifs is 3. The molecule has 8 nitrogen and oxygen atoms in total. The first-order valence-electron chi connectivity index (χ1n) is 11.5. The number of benzene rings is 2. The highest BCUT2D eigenvalue weighted by atomic mass is 35.5. The zero-order valence-electron chi connectivity index (χ0n) is 20.3. The van der Waals surface area contributed by atoms with Gasteiger partial charge in [-0.3, -0.25) is 9.69 Å². The Morgan fingerprint density at radius 3 is 2.71 bits per heavy atom. The average Bonchev–Trinajstić information content (AvgIpc) is 2.78. The van der Waals surface area contributed by atoms with E-state index in [1.807, 2.05) is 37.1 Å². The predicted molar refractivity (Wildman–Crippen MR) is 137 cm³/mol. The second kappa shape index (κ2) is 9.29. The number of aliphatic hydroxyl groups is 1. The van der Waals surface area contributed by atoms with Gasteiger partial charge in [0.15, 0.2) is 5.84 Å². The smallest absolute Gasteiger partial charge is 0.262 e. The highest BCUT2D eigenvalue weighted by Gasteiger charge is 2.44. The Morgan fingerprint density at radius 2 is 2.03 bits per heavy atom. The monoisotopic (exact) mass is 503 g/mol. The molecule has 2 aromatic carbocycles. The van der Waals surface area contributed by atoms with Gasteiger partial charge >= 0.3 is 0 Å². The van der Waals surface area contributed by atoms with Crippen molar-refractivity contribution in [3.63, 3.8) is 0 Å².